The molecule has 0 heterocycles. The standard InChI is InChI=1S/C13H17BrO/c14-12-6-4-11(5-7-12)9-13(15)8-10-2-1-3-10/h4-7,10,13,15H,1-3,8-9H2. The van der Waals surface area contributed by atoms with Crippen molar-refractivity contribution in [3.05, 3.63) is 34.3 Å². The van der Waals surface area contributed by atoms with Crippen molar-refractivity contribution in [2.24, 2.45) is 5.92 Å². The molecule has 0 spiro atoms. The van der Waals surface area contributed by atoms with Crippen LogP contribution in [0.5, 0.6) is 0 Å². The highest BCUT2D eigenvalue weighted by atomic mass is 79.9. The predicted octanol–water partition coefficient (Wildman–Crippen LogP) is 3.54. The minimum atomic E-state index is -0.156. The summed E-state index contributed by atoms with van der Waals surface area (Å²) < 4.78 is 1.10. The molecule has 1 aromatic rings. The summed E-state index contributed by atoms with van der Waals surface area (Å²) in [5, 5.41) is 9.90. The van der Waals surface area contributed by atoms with Gasteiger partial charge in [0.05, 0.1) is 6.10 Å². The largest absolute Gasteiger partial charge is 0.393 e. The number of aliphatic hydroxyl groups is 1. The summed E-state index contributed by atoms with van der Waals surface area (Å²) in [4.78, 5) is 0. The van der Waals surface area contributed by atoms with Crippen LogP contribution in [0.15, 0.2) is 28.7 Å². The van der Waals surface area contributed by atoms with Crippen molar-refractivity contribution in [3.63, 3.8) is 0 Å². The predicted molar refractivity (Wildman–Crippen MR) is 65.8 cm³/mol. The first-order valence-corrected chi connectivity index (χ1v) is 6.46. The van der Waals surface area contributed by atoms with E-state index in [1.807, 2.05) is 12.1 Å². The molecular weight excluding hydrogens is 252 g/mol. The topological polar surface area (TPSA) is 20.2 Å². The van der Waals surface area contributed by atoms with Crippen molar-refractivity contribution < 1.29 is 5.11 Å². The molecule has 1 aliphatic carbocycles. The van der Waals surface area contributed by atoms with Gasteiger partial charge in [-0.05, 0) is 36.5 Å². The van der Waals surface area contributed by atoms with Crippen molar-refractivity contribution in [1.29, 1.82) is 0 Å². The molecule has 15 heavy (non-hydrogen) atoms. The Labute approximate surface area is 99.6 Å². The van der Waals surface area contributed by atoms with E-state index in [9.17, 15) is 5.11 Å². The smallest absolute Gasteiger partial charge is 0.0583 e. The Morgan fingerprint density at radius 2 is 1.93 bits per heavy atom. The summed E-state index contributed by atoms with van der Waals surface area (Å²) >= 11 is 3.41. The maximum atomic E-state index is 9.90. The van der Waals surface area contributed by atoms with Gasteiger partial charge in [0.25, 0.3) is 0 Å². The van der Waals surface area contributed by atoms with Crippen LogP contribution in [0.4, 0.5) is 0 Å². The number of rotatable bonds is 4. The fourth-order valence-corrected chi connectivity index (χ4v) is 2.35. The number of halogens is 1. The maximum Gasteiger partial charge on any atom is 0.0583 e. The first kappa shape index (κ1) is 11.2. The molecule has 1 unspecified atom stereocenters. The van der Waals surface area contributed by atoms with Crippen LogP contribution in [-0.2, 0) is 6.42 Å². The van der Waals surface area contributed by atoms with Crippen LogP contribution < -0.4 is 0 Å². The van der Waals surface area contributed by atoms with Crippen LogP contribution >= 0.6 is 15.9 Å². The molecule has 1 aromatic carbocycles. The van der Waals surface area contributed by atoms with Gasteiger partial charge in [0, 0.05) is 4.47 Å². The molecular formula is C13H17BrO. The van der Waals surface area contributed by atoms with Crippen LogP contribution in [0, 0.1) is 5.92 Å². The third-order valence-corrected chi connectivity index (χ3v) is 3.74. The van der Waals surface area contributed by atoms with Gasteiger partial charge < -0.3 is 5.11 Å². The van der Waals surface area contributed by atoms with E-state index in [2.05, 4.69) is 28.1 Å². The second-order valence-corrected chi connectivity index (χ2v) is 5.43. The minimum absolute atomic E-state index is 0.156. The Hall–Kier alpha value is -0.340. The third-order valence-electron chi connectivity index (χ3n) is 3.21. The van der Waals surface area contributed by atoms with Gasteiger partial charge in [-0.15, -0.1) is 0 Å². The van der Waals surface area contributed by atoms with Gasteiger partial charge in [-0.1, -0.05) is 47.3 Å². The van der Waals surface area contributed by atoms with E-state index in [0.717, 1.165) is 23.2 Å². The maximum absolute atomic E-state index is 9.90. The minimum Gasteiger partial charge on any atom is -0.393 e. The Balaban J connectivity index is 1.82. The lowest BCUT2D eigenvalue weighted by Crippen LogP contribution is -2.20. The van der Waals surface area contributed by atoms with E-state index in [4.69, 9.17) is 0 Å². The number of hydrogen-bond acceptors (Lipinski definition) is 1. The van der Waals surface area contributed by atoms with Crippen LogP contribution in [0.1, 0.15) is 31.2 Å². The lowest BCUT2D eigenvalue weighted by atomic mass is 9.80. The molecule has 0 saturated heterocycles. The molecule has 1 nitrogen and oxygen atoms in total. The molecule has 1 fully saturated rings. The molecule has 82 valence electrons. The number of hydrogen-bond donors (Lipinski definition) is 1. The number of benzene rings is 1. The van der Waals surface area contributed by atoms with Gasteiger partial charge in [-0.2, -0.15) is 0 Å². The second kappa shape index (κ2) is 5.13. The first-order chi connectivity index (χ1) is 7.24. The zero-order chi connectivity index (χ0) is 10.7. The van der Waals surface area contributed by atoms with Crippen molar-refractivity contribution in [3.8, 4) is 0 Å². The van der Waals surface area contributed by atoms with Gasteiger partial charge >= 0.3 is 0 Å². The normalized spacial score (nSPS) is 18.5. The Morgan fingerprint density at radius 3 is 2.47 bits per heavy atom. The highest BCUT2D eigenvalue weighted by Crippen LogP contribution is 2.31. The van der Waals surface area contributed by atoms with Crippen LogP contribution in [0.25, 0.3) is 0 Å². The molecule has 1 atom stereocenters. The number of aliphatic hydroxyl groups excluding tert-OH is 1. The van der Waals surface area contributed by atoms with Crippen molar-refractivity contribution in [1.82, 2.24) is 0 Å². The van der Waals surface area contributed by atoms with E-state index in [1.165, 1.54) is 24.8 Å². The van der Waals surface area contributed by atoms with Crippen LogP contribution in [0.2, 0.25) is 0 Å². The Kier molecular flexibility index (Phi) is 3.81. The molecule has 1 aliphatic rings. The van der Waals surface area contributed by atoms with E-state index in [-0.39, 0.29) is 6.10 Å². The molecule has 0 bridgehead atoms. The van der Waals surface area contributed by atoms with E-state index in [0.29, 0.717) is 0 Å². The molecule has 0 amide bonds. The average Bonchev–Trinajstić information content (AvgIpc) is 2.16. The SMILES string of the molecule is OC(Cc1ccc(Br)cc1)CC1CCC1. The van der Waals surface area contributed by atoms with Crippen molar-refractivity contribution >= 4 is 15.9 Å². The fraction of sp³-hybridized carbons (Fsp3) is 0.538. The van der Waals surface area contributed by atoms with E-state index < -0.39 is 0 Å². The molecule has 1 saturated carbocycles. The van der Waals surface area contributed by atoms with Gasteiger partial charge in [0.2, 0.25) is 0 Å². The Bertz CT molecular complexity index is 303. The zero-order valence-electron chi connectivity index (χ0n) is 8.82. The average molecular weight is 269 g/mol. The summed E-state index contributed by atoms with van der Waals surface area (Å²) in [6.45, 7) is 0. The molecule has 0 aliphatic heterocycles. The lowest BCUT2D eigenvalue weighted by molar-refractivity contribution is 0.118. The lowest BCUT2D eigenvalue weighted by Gasteiger charge is -2.27. The summed E-state index contributed by atoms with van der Waals surface area (Å²) in [5.74, 6) is 0.787. The highest BCUT2D eigenvalue weighted by Gasteiger charge is 2.20. The first-order valence-electron chi connectivity index (χ1n) is 5.66. The highest BCUT2D eigenvalue weighted by molar-refractivity contribution is 9.10. The Morgan fingerprint density at radius 1 is 1.27 bits per heavy atom. The molecule has 2 heteroatoms. The molecule has 1 N–H and O–H groups in total. The summed E-state index contributed by atoms with van der Waals surface area (Å²) in [7, 11) is 0. The third kappa shape index (κ3) is 3.32. The monoisotopic (exact) mass is 268 g/mol. The molecule has 2 rings (SSSR count). The quantitative estimate of drug-likeness (QED) is 0.886. The van der Waals surface area contributed by atoms with E-state index in [1.54, 1.807) is 0 Å². The summed E-state index contributed by atoms with van der Waals surface area (Å²) in [6, 6.07) is 8.22. The second-order valence-electron chi connectivity index (χ2n) is 4.52. The fourth-order valence-electron chi connectivity index (χ4n) is 2.09. The van der Waals surface area contributed by atoms with Crippen LogP contribution in [0.3, 0.4) is 0 Å². The molecule has 0 aromatic heterocycles. The zero-order valence-corrected chi connectivity index (χ0v) is 10.4. The summed E-state index contributed by atoms with van der Waals surface area (Å²) in [6.07, 6.45) is 5.61. The summed E-state index contributed by atoms with van der Waals surface area (Å²) in [5.41, 5.74) is 1.23. The van der Waals surface area contributed by atoms with E-state index >= 15 is 0 Å². The van der Waals surface area contributed by atoms with Gasteiger partial charge in [-0.3, -0.25) is 0 Å². The molecule has 0 radical (unpaired) electrons. The van der Waals surface area contributed by atoms with Gasteiger partial charge in [-0.25, -0.2) is 0 Å². The van der Waals surface area contributed by atoms with Crippen molar-refractivity contribution in [2.75, 3.05) is 0 Å². The van der Waals surface area contributed by atoms with Gasteiger partial charge in [0.1, 0.15) is 0 Å². The van der Waals surface area contributed by atoms with Crippen LogP contribution in [-0.4, -0.2) is 11.2 Å². The van der Waals surface area contributed by atoms with Gasteiger partial charge in [0.15, 0.2) is 0 Å². The van der Waals surface area contributed by atoms with Crippen molar-refractivity contribution in [2.45, 2.75) is 38.2 Å².